The Kier molecular flexibility index (Phi) is 3.94. The molecule has 1 heterocycles. The molecule has 1 aliphatic heterocycles. The van der Waals surface area contributed by atoms with Crippen molar-refractivity contribution >= 4 is 5.91 Å². The fraction of sp³-hybridized carbons (Fsp3) is 0.933. The molecule has 19 heavy (non-hydrogen) atoms. The summed E-state index contributed by atoms with van der Waals surface area (Å²) in [4.78, 5) is 15.0. The Balaban J connectivity index is 2.18. The van der Waals surface area contributed by atoms with Gasteiger partial charge in [-0.2, -0.15) is 0 Å². The standard InChI is InChI=1S/C15H28N2O2/c1-14(2,15(3,4)16)13(18)17-9-10-19-12-8-6-5-7-11(12)17/h11-12H,5-10,16H2,1-4H3. The van der Waals surface area contributed by atoms with Gasteiger partial charge in [-0.05, 0) is 40.5 Å². The highest BCUT2D eigenvalue weighted by molar-refractivity contribution is 5.84. The van der Waals surface area contributed by atoms with Gasteiger partial charge in [-0.3, -0.25) is 4.79 Å². The van der Waals surface area contributed by atoms with Gasteiger partial charge in [0, 0.05) is 12.1 Å². The van der Waals surface area contributed by atoms with Crippen molar-refractivity contribution < 1.29 is 9.53 Å². The van der Waals surface area contributed by atoms with Crippen molar-refractivity contribution in [2.24, 2.45) is 11.1 Å². The third-order valence-corrected chi connectivity index (χ3v) is 5.14. The van der Waals surface area contributed by atoms with Gasteiger partial charge in [0.15, 0.2) is 0 Å². The van der Waals surface area contributed by atoms with E-state index in [1.54, 1.807) is 0 Å². The topological polar surface area (TPSA) is 55.6 Å². The number of hydrogen-bond donors (Lipinski definition) is 1. The van der Waals surface area contributed by atoms with E-state index in [0.29, 0.717) is 13.2 Å². The number of nitrogens with two attached hydrogens (primary N) is 1. The van der Waals surface area contributed by atoms with Crippen LogP contribution in [0.3, 0.4) is 0 Å². The fourth-order valence-electron chi connectivity index (χ4n) is 2.98. The Morgan fingerprint density at radius 3 is 2.47 bits per heavy atom. The van der Waals surface area contributed by atoms with Crippen molar-refractivity contribution in [3.05, 3.63) is 0 Å². The molecule has 1 saturated heterocycles. The molecule has 0 spiro atoms. The minimum Gasteiger partial charge on any atom is -0.374 e. The molecule has 0 aromatic heterocycles. The molecule has 110 valence electrons. The van der Waals surface area contributed by atoms with Gasteiger partial charge in [-0.15, -0.1) is 0 Å². The number of nitrogens with zero attached hydrogens (tertiary/aromatic N) is 1. The van der Waals surface area contributed by atoms with Crippen molar-refractivity contribution in [3.8, 4) is 0 Å². The summed E-state index contributed by atoms with van der Waals surface area (Å²) in [6, 6.07) is 0.261. The molecule has 1 saturated carbocycles. The second-order valence-electron chi connectivity index (χ2n) is 7.11. The molecule has 0 aromatic rings. The summed E-state index contributed by atoms with van der Waals surface area (Å²) in [5.41, 5.74) is 5.14. The van der Waals surface area contributed by atoms with Crippen molar-refractivity contribution in [2.75, 3.05) is 13.2 Å². The Labute approximate surface area is 116 Å². The number of morpholine rings is 1. The van der Waals surface area contributed by atoms with Gasteiger partial charge in [0.1, 0.15) is 0 Å². The maximum absolute atomic E-state index is 12.9. The van der Waals surface area contributed by atoms with Crippen LogP contribution in [0, 0.1) is 5.41 Å². The quantitative estimate of drug-likeness (QED) is 0.832. The maximum atomic E-state index is 12.9. The minimum absolute atomic E-state index is 0.181. The average molecular weight is 268 g/mol. The SMILES string of the molecule is CC(C)(N)C(C)(C)C(=O)N1CCOC2CCCCC21. The first-order chi connectivity index (χ1) is 8.75. The van der Waals surface area contributed by atoms with Gasteiger partial charge < -0.3 is 15.4 Å². The molecule has 0 radical (unpaired) electrons. The Bertz CT molecular complexity index is 345. The summed E-state index contributed by atoms with van der Waals surface area (Å²) in [6.45, 7) is 9.16. The third kappa shape index (κ3) is 2.65. The van der Waals surface area contributed by atoms with E-state index in [-0.39, 0.29) is 18.1 Å². The Morgan fingerprint density at radius 1 is 1.21 bits per heavy atom. The minimum atomic E-state index is -0.549. The first-order valence-electron chi connectivity index (χ1n) is 7.47. The van der Waals surface area contributed by atoms with Crippen molar-refractivity contribution in [3.63, 3.8) is 0 Å². The van der Waals surface area contributed by atoms with Crippen LogP contribution in [-0.4, -0.2) is 41.6 Å². The number of ether oxygens (including phenoxy) is 1. The molecule has 1 amide bonds. The van der Waals surface area contributed by atoms with Crippen LogP contribution in [0.1, 0.15) is 53.4 Å². The molecule has 0 bridgehead atoms. The summed E-state index contributed by atoms with van der Waals surface area (Å²) in [5, 5.41) is 0. The van der Waals surface area contributed by atoms with Crippen molar-refractivity contribution in [1.82, 2.24) is 4.90 Å². The van der Waals surface area contributed by atoms with Crippen molar-refractivity contribution in [1.29, 1.82) is 0 Å². The first kappa shape index (κ1) is 14.8. The molecular formula is C15H28N2O2. The average Bonchev–Trinajstić information content (AvgIpc) is 2.36. The Hall–Kier alpha value is -0.610. The third-order valence-electron chi connectivity index (χ3n) is 5.14. The fourth-order valence-corrected chi connectivity index (χ4v) is 2.98. The molecule has 1 aliphatic carbocycles. The predicted octanol–water partition coefficient (Wildman–Crippen LogP) is 1.92. The van der Waals surface area contributed by atoms with E-state index < -0.39 is 11.0 Å². The molecule has 4 heteroatoms. The number of carbonyl (C=O) groups is 1. The van der Waals surface area contributed by atoms with E-state index >= 15 is 0 Å². The maximum Gasteiger partial charge on any atom is 0.230 e. The van der Waals surface area contributed by atoms with E-state index in [1.807, 2.05) is 32.6 Å². The second-order valence-corrected chi connectivity index (χ2v) is 7.11. The summed E-state index contributed by atoms with van der Waals surface area (Å²) >= 11 is 0. The summed E-state index contributed by atoms with van der Waals surface area (Å²) < 4.78 is 5.84. The molecule has 2 atom stereocenters. The van der Waals surface area contributed by atoms with Crippen LogP contribution in [0.25, 0.3) is 0 Å². The highest BCUT2D eigenvalue weighted by atomic mass is 16.5. The lowest BCUT2D eigenvalue weighted by Crippen LogP contribution is -2.62. The molecule has 2 unspecified atom stereocenters. The van der Waals surface area contributed by atoms with Gasteiger partial charge in [0.05, 0.1) is 24.2 Å². The number of carbonyl (C=O) groups excluding carboxylic acids is 1. The first-order valence-corrected chi connectivity index (χ1v) is 7.47. The van der Waals surface area contributed by atoms with Gasteiger partial charge in [-0.25, -0.2) is 0 Å². The zero-order valence-electron chi connectivity index (χ0n) is 12.7. The zero-order chi connectivity index (χ0) is 14.3. The summed E-state index contributed by atoms with van der Waals surface area (Å²) in [7, 11) is 0. The van der Waals surface area contributed by atoms with Gasteiger partial charge in [-0.1, -0.05) is 12.8 Å². The second kappa shape index (κ2) is 5.06. The highest BCUT2D eigenvalue weighted by Gasteiger charge is 2.46. The van der Waals surface area contributed by atoms with Crippen LogP contribution in [0.5, 0.6) is 0 Å². The normalized spacial score (nSPS) is 29.0. The van der Waals surface area contributed by atoms with E-state index in [2.05, 4.69) is 0 Å². The Morgan fingerprint density at radius 2 is 1.84 bits per heavy atom. The summed E-state index contributed by atoms with van der Waals surface area (Å²) in [6.07, 6.45) is 4.80. The van der Waals surface area contributed by atoms with Crippen LogP contribution < -0.4 is 5.73 Å². The molecule has 0 aromatic carbocycles. The largest absolute Gasteiger partial charge is 0.374 e. The molecule has 2 rings (SSSR count). The summed E-state index contributed by atoms with van der Waals surface area (Å²) in [5.74, 6) is 0.181. The zero-order valence-corrected chi connectivity index (χ0v) is 12.7. The molecule has 2 aliphatic rings. The van der Waals surface area contributed by atoms with Crippen molar-refractivity contribution in [2.45, 2.75) is 71.1 Å². The lowest BCUT2D eigenvalue weighted by Gasteiger charge is -2.48. The molecular weight excluding hydrogens is 240 g/mol. The van der Waals surface area contributed by atoms with Gasteiger partial charge >= 0.3 is 0 Å². The lowest BCUT2D eigenvalue weighted by molar-refractivity contribution is -0.161. The molecule has 4 nitrogen and oxygen atoms in total. The van der Waals surface area contributed by atoms with Gasteiger partial charge in [0.2, 0.25) is 5.91 Å². The highest BCUT2D eigenvalue weighted by Crippen LogP contribution is 2.35. The number of hydrogen-bond acceptors (Lipinski definition) is 3. The number of fused-ring (bicyclic) bond motifs is 1. The smallest absolute Gasteiger partial charge is 0.230 e. The predicted molar refractivity (Wildman–Crippen MR) is 75.8 cm³/mol. The molecule has 2 N–H and O–H groups in total. The van der Waals surface area contributed by atoms with E-state index in [9.17, 15) is 4.79 Å². The van der Waals surface area contributed by atoms with E-state index in [0.717, 1.165) is 12.8 Å². The van der Waals surface area contributed by atoms with Crippen LogP contribution >= 0.6 is 0 Å². The van der Waals surface area contributed by atoms with Crippen LogP contribution in [0.15, 0.2) is 0 Å². The monoisotopic (exact) mass is 268 g/mol. The van der Waals surface area contributed by atoms with Crippen LogP contribution in [0.4, 0.5) is 0 Å². The number of amides is 1. The number of rotatable bonds is 2. The van der Waals surface area contributed by atoms with E-state index in [4.69, 9.17) is 10.5 Å². The van der Waals surface area contributed by atoms with Crippen LogP contribution in [-0.2, 0) is 9.53 Å². The van der Waals surface area contributed by atoms with Gasteiger partial charge in [0.25, 0.3) is 0 Å². The van der Waals surface area contributed by atoms with E-state index in [1.165, 1.54) is 12.8 Å². The van der Waals surface area contributed by atoms with Crippen LogP contribution in [0.2, 0.25) is 0 Å². The molecule has 2 fully saturated rings. The lowest BCUT2D eigenvalue weighted by atomic mass is 9.73.